The van der Waals surface area contributed by atoms with E-state index in [4.69, 9.17) is 17.0 Å². The summed E-state index contributed by atoms with van der Waals surface area (Å²) in [5.41, 5.74) is 2.29. The molecule has 0 saturated carbocycles. The van der Waals surface area contributed by atoms with Gasteiger partial charge in [-0.3, -0.25) is 0 Å². The summed E-state index contributed by atoms with van der Waals surface area (Å²) in [5, 5.41) is 7.06. The molecule has 24 heavy (non-hydrogen) atoms. The smallest absolute Gasteiger partial charge is 0.170 e. The molecule has 2 aromatic rings. The normalized spacial score (nSPS) is 10.5. The second kappa shape index (κ2) is 9.64. The van der Waals surface area contributed by atoms with Crippen LogP contribution in [0.2, 0.25) is 0 Å². The lowest BCUT2D eigenvalue weighted by Crippen LogP contribution is -2.29. The molecule has 2 aromatic carbocycles. The molecule has 0 heterocycles. The second-order valence-electron chi connectivity index (χ2n) is 5.80. The first-order chi connectivity index (χ1) is 11.5. The monoisotopic (exact) mass is 406 g/mol. The van der Waals surface area contributed by atoms with E-state index in [0.29, 0.717) is 5.11 Å². The minimum Gasteiger partial charge on any atom is -0.491 e. The molecule has 0 saturated heterocycles. The highest BCUT2D eigenvalue weighted by Gasteiger charge is 2.00. The van der Waals surface area contributed by atoms with Gasteiger partial charge in [0.1, 0.15) is 5.75 Å². The third kappa shape index (κ3) is 6.89. The number of ether oxygens (including phenoxy) is 1. The fourth-order valence-corrected chi connectivity index (χ4v) is 2.69. The zero-order valence-electron chi connectivity index (χ0n) is 14.0. The van der Waals surface area contributed by atoms with Crippen molar-refractivity contribution >= 4 is 38.9 Å². The third-order valence-corrected chi connectivity index (χ3v) is 4.10. The van der Waals surface area contributed by atoms with Gasteiger partial charge in [-0.15, -0.1) is 0 Å². The standard InChI is InChI=1S/C19H23BrN2OS/c1-14(2)23-18-11-5-15(6-12-18)4-3-13-21-19(24)22-17-9-7-16(20)8-10-17/h5-12,14H,3-4,13H2,1-2H3,(H2,21,22,24). The van der Waals surface area contributed by atoms with Crippen LogP contribution in [0.25, 0.3) is 0 Å². The third-order valence-electron chi connectivity index (χ3n) is 3.33. The van der Waals surface area contributed by atoms with E-state index in [2.05, 4.69) is 38.7 Å². The van der Waals surface area contributed by atoms with E-state index in [-0.39, 0.29) is 6.10 Å². The van der Waals surface area contributed by atoms with Crippen molar-refractivity contribution in [2.24, 2.45) is 0 Å². The fraction of sp³-hybridized carbons (Fsp3) is 0.316. The van der Waals surface area contributed by atoms with Crippen LogP contribution in [0.5, 0.6) is 5.75 Å². The van der Waals surface area contributed by atoms with Crippen molar-refractivity contribution < 1.29 is 4.74 Å². The Bertz CT molecular complexity index is 641. The fourth-order valence-electron chi connectivity index (χ4n) is 2.21. The van der Waals surface area contributed by atoms with Crippen LogP contribution in [0.4, 0.5) is 5.69 Å². The quantitative estimate of drug-likeness (QED) is 0.491. The van der Waals surface area contributed by atoms with E-state index in [1.165, 1.54) is 5.56 Å². The van der Waals surface area contributed by atoms with Crippen LogP contribution in [0.3, 0.4) is 0 Å². The van der Waals surface area contributed by atoms with Crippen LogP contribution in [0, 0.1) is 0 Å². The molecule has 2 rings (SSSR count). The van der Waals surface area contributed by atoms with E-state index in [9.17, 15) is 0 Å². The van der Waals surface area contributed by atoms with Gasteiger partial charge in [0.2, 0.25) is 0 Å². The van der Waals surface area contributed by atoms with Crippen LogP contribution in [-0.2, 0) is 6.42 Å². The molecule has 0 fully saturated rings. The summed E-state index contributed by atoms with van der Waals surface area (Å²) in [7, 11) is 0. The predicted molar refractivity (Wildman–Crippen MR) is 109 cm³/mol. The van der Waals surface area contributed by atoms with Gasteiger partial charge in [-0.2, -0.15) is 0 Å². The lowest BCUT2D eigenvalue weighted by molar-refractivity contribution is 0.242. The Morgan fingerprint density at radius 1 is 1.08 bits per heavy atom. The summed E-state index contributed by atoms with van der Waals surface area (Å²) in [6.07, 6.45) is 2.24. The van der Waals surface area contributed by atoms with Crippen LogP contribution in [-0.4, -0.2) is 17.8 Å². The maximum Gasteiger partial charge on any atom is 0.170 e. The van der Waals surface area contributed by atoms with E-state index >= 15 is 0 Å². The topological polar surface area (TPSA) is 33.3 Å². The molecule has 0 radical (unpaired) electrons. The number of hydrogen-bond donors (Lipinski definition) is 2. The number of hydrogen-bond acceptors (Lipinski definition) is 2. The highest BCUT2D eigenvalue weighted by molar-refractivity contribution is 9.10. The number of halogens is 1. The first-order valence-electron chi connectivity index (χ1n) is 8.09. The molecule has 0 aliphatic rings. The zero-order valence-corrected chi connectivity index (χ0v) is 16.4. The molecule has 3 nitrogen and oxygen atoms in total. The summed E-state index contributed by atoms with van der Waals surface area (Å²) < 4.78 is 6.70. The van der Waals surface area contributed by atoms with Crippen molar-refractivity contribution in [3.05, 3.63) is 58.6 Å². The van der Waals surface area contributed by atoms with Gasteiger partial charge in [0.05, 0.1) is 6.10 Å². The number of benzene rings is 2. The number of anilines is 1. The van der Waals surface area contributed by atoms with Crippen molar-refractivity contribution in [2.75, 3.05) is 11.9 Å². The van der Waals surface area contributed by atoms with Gasteiger partial charge in [0, 0.05) is 16.7 Å². The van der Waals surface area contributed by atoms with Crippen LogP contribution in [0.15, 0.2) is 53.0 Å². The highest BCUT2D eigenvalue weighted by Crippen LogP contribution is 2.15. The first-order valence-corrected chi connectivity index (χ1v) is 9.29. The number of rotatable bonds is 7. The lowest BCUT2D eigenvalue weighted by Gasteiger charge is -2.11. The Labute approximate surface area is 157 Å². The maximum absolute atomic E-state index is 5.65. The Morgan fingerprint density at radius 2 is 1.75 bits per heavy atom. The molecular formula is C19H23BrN2OS. The molecule has 0 aliphatic carbocycles. The van der Waals surface area contributed by atoms with E-state index in [1.54, 1.807) is 0 Å². The molecule has 0 unspecified atom stereocenters. The van der Waals surface area contributed by atoms with Gasteiger partial charge in [-0.25, -0.2) is 0 Å². The minimum absolute atomic E-state index is 0.208. The molecule has 0 amide bonds. The summed E-state index contributed by atoms with van der Waals surface area (Å²) in [5.74, 6) is 0.923. The van der Waals surface area contributed by atoms with Gasteiger partial charge < -0.3 is 15.4 Å². The zero-order chi connectivity index (χ0) is 17.4. The SMILES string of the molecule is CC(C)Oc1ccc(CCCNC(=S)Nc2ccc(Br)cc2)cc1. The molecule has 0 aliphatic heterocycles. The Morgan fingerprint density at radius 3 is 2.38 bits per heavy atom. The molecule has 128 valence electrons. The Hall–Kier alpha value is -1.59. The van der Waals surface area contributed by atoms with Gasteiger partial charge in [0.25, 0.3) is 0 Å². The average molecular weight is 407 g/mol. The van der Waals surface area contributed by atoms with Crippen LogP contribution < -0.4 is 15.4 Å². The summed E-state index contributed by atoms with van der Waals surface area (Å²) in [6.45, 7) is 4.90. The van der Waals surface area contributed by atoms with Crippen LogP contribution >= 0.6 is 28.1 Å². The number of thiocarbonyl (C=S) groups is 1. The highest BCUT2D eigenvalue weighted by atomic mass is 79.9. The number of aryl methyl sites for hydroxylation is 1. The summed E-state index contributed by atoms with van der Waals surface area (Å²) in [4.78, 5) is 0. The molecule has 2 N–H and O–H groups in total. The molecule has 0 bridgehead atoms. The summed E-state index contributed by atoms with van der Waals surface area (Å²) in [6, 6.07) is 16.2. The second-order valence-corrected chi connectivity index (χ2v) is 7.13. The molecule has 0 aromatic heterocycles. The first kappa shape index (κ1) is 18.7. The van der Waals surface area contributed by atoms with Crippen molar-refractivity contribution in [1.82, 2.24) is 5.32 Å². The molecule has 0 atom stereocenters. The van der Waals surface area contributed by atoms with Crippen molar-refractivity contribution in [1.29, 1.82) is 0 Å². The van der Waals surface area contributed by atoms with Crippen molar-refractivity contribution in [3.63, 3.8) is 0 Å². The van der Waals surface area contributed by atoms with Gasteiger partial charge in [0.15, 0.2) is 5.11 Å². The Kier molecular flexibility index (Phi) is 7.53. The van der Waals surface area contributed by atoms with E-state index in [1.807, 2.05) is 50.2 Å². The number of nitrogens with one attached hydrogen (secondary N) is 2. The lowest BCUT2D eigenvalue weighted by atomic mass is 10.1. The van der Waals surface area contributed by atoms with E-state index in [0.717, 1.165) is 35.3 Å². The molecule has 0 spiro atoms. The van der Waals surface area contributed by atoms with Gasteiger partial charge in [-0.05, 0) is 80.9 Å². The largest absolute Gasteiger partial charge is 0.491 e. The summed E-state index contributed by atoms with van der Waals surface area (Å²) >= 11 is 8.72. The van der Waals surface area contributed by atoms with Crippen LogP contribution in [0.1, 0.15) is 25.8 Å². The molecular weight excluding hydrogens is 384 g/mol. The minimum atomic E-state index is 0.208. The van der Waals surface area contributed by atoms with Gasteiger partial charge >= 0.3 is 0 Å². The Balaban J connectivity index is 1.66. The van der Waals surface area contributed by atoms with Gasteiger partial charge in [-0.1, -0.05) is 28.1 Å². The van der Waals surface area contributed by atoms with E-state index < -0.39 is 0 Å². The van der Waals surface area contributed by atoms with Crippen molar-refractivity contribution in [3.8, 4) is 5.75 Å². The average Bonchev–Trinajstić information content (AvgIpc) is 2.55. The van der Waals surface area contributed by atoms with Crippen molar-refractivity contribution in [2.45, 2.75) is 32.8 Å². The molecule has 5 heteroatoms. The predicted octanol–water partition coefficient (Wildman–Crippen LogP) is 5.16. The maximum atomic E-state index is 5.65.